The molecule has 1 heterocycles. The van der Waals surface area contributed by atoms with Crippen LogP contribution in [0.2, 0.25) is 0 Å². The Labute approximate surface area is 104 Å². The molecule has 0 amide bonds. The van der Waals surface area contributed by atoms with Gasteiger partial charge < -0.3 is 5.73 Å². The van der Waals surface area contributed by atoms with Gasteiger partial charge in [-0.05, 0) is 30.7 Å². The summed E-state index contributed by atoms with van der Waals surface area (Å²) < 4.78 is 14.9. The molecule has 1 aromatic carbocycles. The van der Waals surface area contributed by atoms with Gasteiger partial charge in [-0.1, -0.05) is 11.8 Å². The van der Waals surface area contributed by atoms with Crippen LogP contribution in [0.4, 0.5) is 4.39 Å². The molecule has 1 aromatic heterocycles. The Bertz CT molecular complexity index is 522. The van der Waals surface area contributed by atoms with Crippen LogP contribution in [0.1, 0.15) is 18.5 Å². The molecule has 2 N–H and O–H groups in total. The molecular formula is C12H14FN3S. The first-order chi connectivity index (χ1) is 8.06. The summed E-state index contributed by atoms with van der Waals surface area (Å²) in [6.45, 7) is 1.85. The minimum Gasteiger partial charge on any atom is -0.324 e. The van der Waals surface area contributed by atoms with Gasteiger partial charge in [0.1, 0.15) is 5.82 Å². The third kappa shape index (κ3) is 2.87. The van der Waals surface area contributed by atoms with Crippen molar-refractivity contribution in [3.63, 3.8) is 0 Å². The van der Waals surface area contributed by atoms with E-state index in [0.717, 1.165) is 15.4 Å². The van der Waals surface area contributed by atoms with Gasteiger partial charge in [-0.15, -0.1) is 0 Å². The molecule has 90 valence electrons. The highest BCUT2D eigenvalue weighted by Gasteiger charge is 2.10. The van der Waals surface area contributed by atoms with E-state index in [1.165, 1.54) is 12.1 Å². The lowest BCUT2D eigenvalue weighted by Gasteiger charge is -2.11. The van der Waals surface area contributed by atoms with E-state index in [0.29, 0.717) is 0 Å². The van der Waals surface area contributed by atoms with Gasteiger partial charge in [-0.2, -0.15) is 5.10 Å². The fraction of sp³-hybridized carbons (Fsp3) is 0.250. The number of aromatic nitrogens is 2. The molecule has 0 aliphatic heterocycles. The predicted octanol–water partition coefficient (Wildman–Crippen LogP) is 2.73. The van der Waals surface area contributed by atoms with Crippen molar-refractivity contribution in [2.24, 2.45) is 12.8 Å². The van der Waals surface area contributed by atoms with E-state index in [9.17, 15) is 4.39 Å². The molecule has 0 saturated carbocycles. The van der Waals surface area contributed by atoms with Crippen molar-refractivity contribution in [3.8, 4) is 0 Å². The molecular weight excluding hydrogens is 237 g/mol. The Morgan fingerprint density at radius 3 is 2.82 bits per heavy atom. The van der Waals surface area contributed by atoms with E-state index in [4.69, 9.17) is 5.73 Å². The lowest BCUT2D eigenvalue weighted by Crippen LogP contribution is -2.06. The van der Waals surface area contributed by atoms with Gasteiger partial charge in [0.25, 0.3) is 0 Å². The van der Waals surface area contributed by atoms with E-state index in [-0.39, 0.29) is 11.9 Å². The average molecular weight is 251 g/mol. The normalized spacial score (nSPS) is 12.7. The molecule has 0 bridgehead atoms. The fourth-order valence-electron chi connectivity index (χ4n) is 1.55. The summed E-state index contributed by atoms with van der Waals surface area (Å²) >= 11 is 1.54. The molecule has 5 heteroatoms. The van der Waals surface area contributed by atoms with Crippen molar-refractivity contribution in [2.45, 2.75) is 22.8 Å². The molecule has 17 heavy (non-hydrogen) atoms. The van der Waals surface area contributed by atoms with Crippen molar-refractivity contribution < 1.29 is 4.39 Å². The number of aryl methyl sites for hydroxylation is 1. The Balaban J connectivity index is 2.32. The fourth-order valence-corrected chi connectivity index (χ4v) is 2.60. The number of benzene rings is 1. The highest BCUT2D eigenvalue weighted by Crippen LogP contribution is 2.32. The van der Waals surface area contributed by atoms with Gasteiger partial charge in [0.2, 0.25) is 0 Å². The molecule has 0 unspecified atom stereocenters. The first-order valence-electron chi connectivity index (χ1n) is 5.28. The topological polar surface area (TPSA) is 43.8 Å². The van der Waals surface area contributed by atoms with E-state index in [2.05, 4.69) is 5.10 Å². The number of nitrogens with zero attached hydrogens (tertiary/aromatic N) is 2. The summed E-state index contributed by atoms with van der Waals surface area (Å²) in [5.74, 6) is -0.257. The zero-order valence-corrected chi connectivity index (χ0v) is 10.5. The second-order valence-electron chi connectivity index (χ2n) is 3.92. The zero-order valence-electron chi connectivity index (χ0n) is 9.72. The summed E-state index contributed by atoms with van der Waals surface area (Å²) in [7, 11) is 1.86. The van der Waals surface area contributed by atoms with Crippen molar-refractivity contribution in [1.82, 2.24) is 9.78 Å². The first-order valence-corrected chi connectivity index (χ1v) is 6.09. The Hall–Kier alpha value is -1.33. The summed E-state index contributed by atoms with van der Waals surface area (Å²) in [5, 5.41) is 4.10. The highest BCUT2D eigenvalue weighted by molar-refractivity contribution is 7.99. The second kappa shape index (κ2) is 4.89. The Kier molecular flexibility index (Phi) is 3.49. The van der Waals surface area contributed by atoms with Gasteiger partial charge in [-0.3, -0.25) is 4.68 Å². The summed E-state index contributed by atoms with van der Waals surface area (Å²) in [4.78, 5) is 1.98. The van der Waals surface area contributed by atoms with Crippen LogP contribution < -0.4 is 5.73 Å². The van der Waals surface area contributed by atoms with Gasteiger partial charge in [0.05, 0.1) is 11.1 Å². The maximum absolute atomic E-state index is 13.2. The molecule has 2 rings (SSSR count). The monoisotopic (exact) mass is 251 g/mol. The lowest BCUT2D eigenvalue weighted by atomic mass is 10.1. The molecule has 3 nitrogen and oxygen atoms in total. The second-order valence-corrected chi connectivity index (χ2v) is 5.04. The molecule has 1 atom stereocenters. The van der Waals surface area contributed by atoms with E-state index in [1.54, 1.807) is 28.7 Å². The van der Waals surface area contributed by atoms with Crippen LogP contribution in [-0.4, -0.2) is 9.78 Å². The van der Waals surface area contributed by atoms with Gasteiger partial charge >= 0.3 is 0 Å². The van der Waals surface area contributed by atoms with Crippen LogP contribution in [0.15, 0.2) is 40.4 Å². The largest absolute Gasteiger partial charge is 0.324 e. The Morgan fingerprint density at radius 1 is 1.47 bits per heavy atom. The standard InChI is InChI=1S/C12H14FN3S/c1-8(14)11-5-9(13)3-4-12(11)17-10-6-15-16(2)7-10/h3-8H,14H2,1-2H3/t8-/m0/s1. The lowest BCUT2D eigenvalue weighted by molar-refractivity contribution is 0.619. The predicted molar refractivity (Wildman–Crippen MR) is 66.3 cm³/mol. The Morgan fingerprint density at radius 2 is 2.24 bits per heavy atom. The summed E-state index contributed by atoms with van der Waals surface area (Å²) in [5.41, 5.74) is 6.66. The maximum atomic E-state index is 13.2. The summed E-state index contributed by atoms with van der Waals surface area (Å²) in [6, 6.07) is 4.50. The van der Waals surface area contributed by atoms with E-state index < -0.39 is 0 Å². The van der Waals surface area contributed by atoms with Crippen molar-refractivity contribution in [2.75, 3.05) is 0 Å². The minimum absolute atomic E-state index is 0.190. The van der Waals surface area contributed by atoms with Crippen LogP contribution in [0.25, 0.3) is 0 Å². The number of nitrogens with two attached hydrogens (primary N) is 1. The van der Waals surface area contributed by atoms with Gasteiger partial charge in [0.15, 0.2) is 0 Å². The van der Waals surface area contributed by atoms with Crippen LogP contribution in [-0.2, 0) is 7.05 Å². The summed E-state index contributed by atoms with van der Waals surface area (Å²) in [6.07, 6.45) is 3.69. The molecule has 0 radical (unpaired) electrons. The molecule has 0 saturated heterocycles. The number of halogens is 1. The number of hydrogen-bond acceptors (Lipinski definition) is 3. The number of rotatable bonds is 3. The van der Waals surface area contributed by atoms with Gasteiger partial charge in [0, 0.05) is 24.2 Å². The van der Waals surface area contributed by atoms with Crippen LogP contribution >= 0.6 is 11.8 Å². The van der Waals surface area contributed by atoms with E-state index in [1.807, 2.05) is 20.2 Å². The average Bonchev–Trinajstić information content (AvgIpc) is 2.66. The zero-order chi connectivity index (χ0) is 12.4. The SMILES string of the molecule is C[C@H](N)c1cc(F)ccc1Sc1cnn(C)c1. The van der Waals surface area contributed by atoms with Crippen LogP contribution in [0, 0.1) is 5.82 Å². The first kappa shape index (κ1) is 12.1. The molecule has 0 spiro atoms. The smallest absolute Gasteiger partial charge is 0.123 e. The van der Waals surface area contributed by atoms with Crippen molar-refractivity contribution >= 4 is 11.8 Å². The number of hydrogen-bond donors (Lipinski definition) is 1. The van der Waals surface area contributed by atoms with Crippen molar-refractivity contribution in [1.29, 1.82) is 0 Å². The van der Waals surface area contributed by atoms with Gasteiger partial charge in [-0.25, -0.2) is 4.39 Å². The van der Waals surface area contributed by atoms with Crippen LogP contribution in [0.5, 0.6) is 0 Å². The van der Waals surface area contributed by atoms with E-state index >= 15 is 0 Å². The maximum Gasteiger partial charge on any atom is 0.123 e. The minimum atomic E-state index is -0.257. The molecule has 0 fully saturated rings. The van der Waals surface area contributed by atoms with Crippen molar-refractivity contribution in [3.05, 3.63) is 42.0 Å². The molecule has 0 aliphatic carbocycles. The highest BCUT2D eigenvalue weighted by atomic mass is 32.2. The quantitative estimate of drug-likeness (QED) is 0.912. The third-order valence-electron chi connectivity index (χ3n) is 2.37. The molecule has 2 aromatic rings. The van der Waals surface area contributed by atoms with Crippen LogP contribution in [0.3, 0.4) is 0 Å². The molecule has 0 aliphatic rings. The third-order valence-corrected chi connectivity index (χ3v) is 3.41.